The standard InChI is InChI=1S/C13H18/c1-9(2)13-8-12(11-6-7-11)5-4-10(13)3/h4-5,8-9,11H,6-7H2,1-3H3. The van der Waals surface area contributed by atoms with Crippen LogP contribution in [0.5, 0.6) is 0 Å². The Morgan fingerprint density at radius 2 is 1.92 bits per heavy atom. The fourth-order valence-electron chi connectivity index (χ4n) is 1.95. The largest absolute Gasteiger partial charge is 0.0588 e. The summed E-state index contributed by atoms with van der Waals surface area (Å²) in [6.07, 6.45) is 2.81. The van der Waals surface area contributed by atoms with E-state index < -0.39 is 0 Å². The molecular formula is C13H18. The third-order valence-corrected chi connectivity index (χ3v) is 2.97. The number of hydrogen-bond donors (Lipinski definition) is 0. The van der Waals surface area contributed by atoms with Gasteiger partial charge in [0.2, 0.25) is 0 Å². The molecule has 13 heavy (non-hydrogen) atoms. The first kappa shape index (κ1) is 8.80. The molecule has 0 heterocycles. The minimum atomic E-state index is 0.665. The Kier molecular flexibility index (Phi) is 2.15. The lowest BCUT2D eigenvalue weighted by molar-refractivity contribution is 0.851. The molecule has 0 spiro atoms. The van der Waals surface area contributed by atoms with E-state index in [1.165, 1.54) is 24.0 Å². The molecule has 1 saturated carbocycles. The first-order valence-corrected chi connectivity index (χ1v) is 5.29. The van der Waals surface area contributed by atoms with Gasteiger partial charge >= 0.3 is 0 Å². The maximum atomic E-state index is 2.41. The second-order valence-electron chi connectivity index (χ2n) is 4.54. The van der Waals surface area contributed by atoms with Crippen LogP contribution in [0.1, 0.15) is 55.2 Å². The maximum Gasteiger partial charge on any atom is -0.0161 e. The second-order valence-corrected chi connectivity index (χ2v) is 4.54. The van der Waals surface area contributed by atoms with Crippen molar-refractivity contribution < 1.29 is 0 Å². The lowest BCUT2D eigenvalue weighted by atomic mass is 9.94. The van der Waals surface area contributed by atoms with Gasteiger partial charge in [0, 0.05) is 0 Å². The monoisotopic (exact) mass is 174 g/mol. The summed E-state index contributed by atoms with van der Waals surface area (Å²) >= 11 is 0. The van der Waals surface area contributed by atoms with Crippen molar-refractivity contribution in [3.05, 3.63) is 34.9 Å². The van der Waals surface area contributed by atoms with Gasteiger partial charge in [-0.2, -0.15) is 0 Å². The molecule has 1 aliphatic rings. The normalized spacial score (nSPS) is 16.6. The zero-order valence-corrected chi connectivity index (χ0v) is 8.80. The van der Waals surface area contributed by atoms with Gasteiger partial charge in [0.15, 0.2) is 0 Å². The van der Waals surface area contributed by atoms with Crippen LogP contribution in [0.2, 0.25) is 0 Å². The Morgan fingerprint density at radius 1 is 1.23 bits per heavy atom. The Balaban J connectivity index is 2.36. The molecule has 0 unspecified atom stereocenters. The van der Waals surface area contributed by atoms with Crippen LogP contribution in [0.4, 0.5) is 0 Å². The minimum absolute atomic E-state index is 0.665. The molecule has 0 radical (unpaired) electrons. The van der Waals surface area contributed by atoms with E-state index in [1.54, 1.807) is 5.56 Å². The molecule has 0 bridgehead atoms. The highest BCUT2D eigenvalue weighted by atomic mass is 14.3. The van der Waals surface area contributed by atoms with Gasteiger partial charge in [0.25, 0.3) is 0 Å². The zero-order chi connectivity index (χ0) is 9.42. The van der Waals surface area contributed by atoms with Crippen LogP contribution in [-0.2, 0) is 0 Å². The number of aryl methyl sites for hydroxylation is 1. The molecule has 1 fully saturated rings. The van der Waals surface area contributed by atoms with Crippen LogP contribution in [-0.4, -0.2) is 0 Å². The van der Waals surface area contributed by atoms with Crippen molar-refractivity contribution in [2.75, 3.05) is 0 Å². The van der Waals surface area contributed by atoms with E-state index in [-0.39, 0.29) is 0 Å². The molecule has 0 N–H and O–H groups in total. The third-order valence-electron chi connectivity index (χ3n) is 2.97. The third kappa shape index (κ3) is 1.77. The van der Waals surface area contributed by atoms with Crippen LogP contribution in [0.25, 0.3) is 0 Å². The van der Waals surface area contributed by atoms with E-state index >= 15 is 0 Å². The maximum absolute atomic E-state index is 2.41. The van der Waals surface area contributed by atoms with Crippen molar-refractivity contribution in [1.29, 1.82) is 0 Å². The van der Waals surface area contributed by atoms with Crippen molar-refractivity contribution in [2.24, 2.45) is 0 Å². The van der Waals surface area contributed by atoms with Crippen LogP contribution < -0.4 is 0 Å². The average Bonchev–Trinajstić information content (AvgIpc) is 2.87. The van der Waals surface area contributed by atoms with E-state index in [4.69, 9.17) is 0 Å². The van der Waals surface area contributed by atoms with Crippen molar-refractivity contribution in [2.45, 2.75) is 45.4 Å². The molecule has 0 saturated heterocycles. The van der Waals surface area contributed by atoms with E-state index in [0.29, 0.717) is 5.92 Å². The molecule has 1 aromatic carbocycles. The van der Waals surface area contributed by atoms with E-state index in [9.17, 15) is 0 Å². The summed E-state index contributed by atoms with van der Waals surface area (Å²) in [4.78, 5) is 0. The molecule has 0 amide bonds. The van der Waals surface area contributed by atoms with Gasteiger partial charge in [-0.3, -0.25) is 0 Å². The second kappa shape index (κ2) is 3.17. The molecule has 0 nitrogen and oxygen atoms in total. The minimum Gasteiger partial charge on any atom is -0.0588 e. The Morgan fingerprint density at radius 3 is 2.46 bits per heavy atom. The average molecular weight is 174 g/mol. The van der Waals surface area contributed by atoms with Crippen LogP contribution in [0.3, 0.4) is 0 Å². The van der Waals surface area contributed by atoms with E-state index in [0.717, 1.165) is 5.92 Å². The Labute approximate surface area is 81.0 Å². The van der Waals surface area contributed by atoms with Crippen molar-refractivity contribution in [3.8, 4) is 0 Å². The number of hydrogen-bond acceptors (Lipinski definition) is 0. The number of benzene rings is 1. The quantitative estimate of drug-likeness (QED) is 0.635. The topological polar surface area (TPSA) is 0 Å². The van der Waals surface area contributed by atoms with Crippen molar-refractivity contribution in [1.82, 2.24) is 0 Å². The van der Waals surface area contributed by atoms with Crippen LogP contribution >= 0.6 is 0 Å². The fraction of sp³-hybridized carbons (Fsp3) is 0.538. The van der Waals surface area contributed by atoms with Gasteiger partial charge in [0.05, 0.1) is 0 Å². The molecule has 0 aromatic heterocycles. The molecule has 1 aromatic rings. The summed E-state index contributed by atoms with van der Waals surface area (Å²) in [6.45, 7) is 6.77. The highest BCUT2D eigenvalue weighted by Gasteiger charge is 2.23. The predicted molar refractivity (Wildman–Crippen MR) is 57.2 cm³/mol. The molecule has 70 valence electrons. The first-order valence-electron chi connectivity index (χ1n) is 5.29. The van der Waals surface area contributed by atoms with Crippen LogP contribution in [0.15, 0.2) is 18.2 Å². The van der Waals surface area contributed by atoms with Gasteiger partial charge in [-0.05, 0) is 48.3 Å². The van der Waals surface area contributed by atoms with Gasteiger partial charge in [-0.1, -0.05) is 32.0 Å². The van der Waals surface area contributed by atoms with Gasteiger partial charge < -0.3 is 0 Å². The van der Waals surface area contributed by atoms with Crippen molar-refractivity contribution in [3.63, 3.8) is 0 Å². The van der Waals surface area contributed by atoms with Crippen LogP contribution in [0, 0.1) is 6.92 Å². The van der Waals surface area contributed by atoms with Gasteiger partial charge in [-0.25, -0.2) is 0 Å². The molecular weight excluding hydrogens is 156 g/mol. The first-order chi connectivity index (χ1) is 6.18. The SMILES string of the molecule is Cc1ccc(C2CC2)cc1C(C)C. The Bertz CT molecular complexity index is 306. The summed E-state index contributed by atoms with van der Waals surface area (Å²) in [5.41, 5.74) is 4.54. The summed E-state index contributed by atoms with van der Waals surface area (Å²) in [5, 5.41) is 0. The molecule has 2 rings (SSSR count). The van der Waals surface area contributed by atoms with E-state index in [2.05, 4.69) is 39.0 Å². The smallest absolute Gasteiger partial charge is 0.0161 e. The molecule has 0 aliphatic heterocycles. The summed E-state index contributed by atoms with van der Waals surface area (Å²) < 4.78 is 0. The highest BCUT2D eigenvalue weighted by Crippen LogP contribution is 2.41. The van der Waals surface area contributed by atoms with E-state index in [1.807, 2.05) is 0 Å². The lowest BCUT2D eigenvalue weighted by Gasteiger charge is -2.11. The molecule has 0 heteroatoms. The summed E-state index contributed by atoms with van der Waals surface area (Å²) in [6, 6.07) is 7.00. The molecule has 0 atom stereocenters. The fourth-order valence-corrected chi connectivity index (χ4v) is 1.95. The van der Waals surface area contributed by atoms with Crippen molar-refractivity contribution >= 4 is 0 Å². The Hall–Kier alpha value is -0.780. The van der Waals surface area contributed by atoms with Gasteiger partial charge in [0.1, 0.15) is 0 Å². The zero-order valence-electron chi connectivity index (χ0n) is 8.80. The van der Waals surface area contributed by atoms with Gasteiger partial charge in [-0.15, -0.1) is 0 Å². The highest BCUT2D eigenvalue weighted by molar-refractivity contribution is 5.36. The lowest BCUT2D eigenvalue weighted by Crippen LogP contribution is -1.93. The summed E-state index contributed by atoms with van der Waals surface area (Å²) in [5.74, 6) is 1.55. The predicted octanol–water partition coefficient (Wildman–Crippen LogP) is 4.00. The number of rotatable bonds is 2. The molecule has 1 aliphatic carbocycles. The summed E-state index contributed by atoms with van der Waals surface area (Å²) in [7, 11) is 0.